The lowest BCUT2D eigenvalue weighted by Crippen LogP contribution is -2.29. The average molecular weight is 287 g/mol. The highest BCUT2D eigenvalue weighted by molar-refractivity contribution is 5.96. The van der Waals surface area contributed by atoms with E-state index >= 15 is 0 Å². The fourth-order valence-corrected chi connectivity index (χ4v) is 2.68. The molecule has 1 fully saturated rings. The number of carbonyl (C=O) groups excluding carboxylic acids is 1. The smallest absolute Gasteiger partial charge is 0.254 e. The first-order valence-corrected chi connectivity index (χ1v) is 7.26. The molecule has 0 radical (unpaired) electrons. The van der Waals surface area contributed by atoms with Crippen LogP contribution in [0.15, 0.2) is 18.2 Å². The lowest BCUT2D eigenvalue weighted by Gasteiger charge is -2.18. The van der Waals surface area contributed by atoms with Crippen molar-refractivity contribution in [2.24, 2.45) is 5.92 Å². The normalized spacial score (nSPS) is 17.5. The summed E-state index contributed by atoms with van der Waals surface area (Å²) in [6, 6.07) is 5.53. The molecule has 2 N–H and O–H groups in total. The summed E-state index contributed by atoms with van der Waals surface area (Å²) in [5, 5.41) is 17.7. The van der Waals surface area contributed by atoms with Crippen LogP contribution < -0.4 is 0 Å². The first-order valence-electron chi connectivity index (χ1n) is 7.26. The Labute approximate surface area is 125 Å². The SMILES string of the molecule is Cc1ccc(C#CCO)cc1C(=O)N1CCC(CCO)C1. The molecule has 112 valence electrons. The number of carbonyl (C=O) groups is 1. The molecule has 0 saturated carbocycles. The van der Waals surface area contributed by atoms with Gasteiger partial charge in [0.2, 0.25) is 0 Å². The number of hydrogen-bond acceptors (Lipinski definition) is 3. The van der Waals surface area contributed by atoms with Crippen molar-refractivity contribution in [2.45, 2.75) is 19.8 Å². The molecule has 4 nitrogen and oxygen atoms in total. The lowest BCUT2D eigenvalue weighted by atomic mass is 10.0. The Bertz CT molecular complexity index is 571. The summed E-state index contributed by atoms with van der Waals surface area (Å²) in [6.07, 6.45) is 1.71. The minimum atomic E-state index is -0.188. The monoisotopic (exact) mass is 287 g/mol. The molecular formula is C17H21NO3. The molecule has 0 aliphatic carbocycles. The molecule has 1 saturated heterocycles. The van der Waals surface area contributed by atoms with Crippen LogP contribution in [0.3, 0.4) is 0 Å². The fraction of sp³-hybridized carbons (Fsp3) is 0.471. The largest absolute Gasteiger partial charge is 0.396 e. The third kappa shape index (κ3) is 3.84. The number of amides is 1. The Morgan fingerprint density at radius 2 is 2.24 bits per heavy atom. The van der Waals surface area contributed by atoms with E-state index < -0.39 is 0 Å². The third-order valence-electron chi connectivity index (χ3n) is 3.89. The Balaban J connectivity index is 2.15. The minimum Gasteiger partial charge on any atom is -0.396 e. The number of likely N-dealkylation sites (tertiary alicyclic amines) is 1. The lowest BCUT2D eigenvalue weighted by molar-refractivity contribution is 0.0784. The van der Waals surface area contributed by atoms with Gasteiger partial charge in [0.15, 0.2) is 0 Å². The molecule has 1 amide bonds. The van der Waals surface area contributed by atoms with Gasteiger partial charge >= 0.3 is 0 Å². The van der Waals surface area contributed by atoms with Gasteiger partial charge in [-0.2, -0.15) is 0 Å². The highest BCUT2D eigenvalue weighted by Gasteiger charge is 2.27. The molecule has 21 heavy (non-hydrogen) atoms. The predicted octanol–water partition coefficient (Wildman–Crippen LogP) is 1.18. The Morgan fingerprint density at radius 3 is 2.95 bits per heavy atom. The van der Waals surface area contributed by atoms with Crippen molar-refractivity contribution in [3.05, 3.63) is 34.9 Å². The van der Waals surface area contributed by atoms with Crippen molar-refractivity contribution in [3.63, 3.8) is 0 Å². The number of benzene rings is 1. The van der Waals surface area contributed by atoms with E-state index in [2.05, 4.69) is 11.8 Å². The molecule has 0 spiro atoms. The summed E-state index contributed by atoms with van der Waals surface area (Å²) < 4.78 is 0. The quantitative estimate of drug-likeness (QED) is 0.821. The third-order valence-corrected chi connectivity index (χ3v) is 3.89. The number of aliphatic hydroxyl groups excluding tert-OH is 2. The number of aliphatic hydroxyl groups is 2. The van der Waals surface area contributed by atoms with Crippen molar-refractivity contribution in [3.8, 4) is 11.8 Å². The van der Waals surface area contributed by atoms with Crippen LogP contribution in [0.5, 0.6) is 0 Å². The van der Waals surface area contributed by atoms with E-state index in [1.54, 1.807) is 6.07 Å². The van der Waals surface area contributed by atoms with Crippen molar-refractivity contribution in [2.75, 3.05) is 26.3 Å². The zero-order valence-electron chi connectivity index (χ0n) is 12.3. The standard InChI is InChI=1S/C17H21NO3/c1-13-4-5-14(3-2-9-19)11-16(13)17(21)18-8-6-15(12-18)7-10-20/h4-5,11,15,19-20H,6-10,12H2,1H3. The van der Waals surface area contributed by atoms with Gasteiger partial charge in [-0.25, -0.2) is 0 Å². The van der Waals surface area contributed by atoms with E-state index in [9.17, 15) is 4.79 Å². The van der Waals surface area contributed by atoms with Crippen molar-refractivity contribution < 1.29 is 15.0 Å². The Morgan fingerprint density at radius 1 is 1.43 bits per heavy atom. The summed E-state index contributed by atoms with van der Waals surface area (Å²) in [5.74, 6) is 5.86. The van der Waals surface area contributed by atoms with Crippen LogP contribution in [-0.4, -0.2) is 47.3 Å². The number of nitrogens with zero attached hydrogens (tertiary/aromatic N) is 1. The first-order chi connectivity index (χ1) is 10.2. The van der Waals surface area contributed by atoms with E-state index in [0.29, 0.717) is 18.0 Å². The molecule has 1 aromatic rings. The molecule has 1 unspecified atom stereocenters. The number of rotatable bonds is 3. The molecule has 1 aliphatic heterocycles. The van der Waals surface area contributed by atoms with Gasteiger partial charge in [-0.15, -0.1) is 0 Å². The fourth-order valence-electron chi connectivity index (χ4n) is 2.68. The van der Waals surface area contributed by atoms with Crippen LogP contribution >= 0.6 is 0 Å². The van der Waals surface area contributed by atoms with Crippen LogP contribution in [-0.2, 0) is 0 Å². The summed E-state index contributed by atoms with van der Waals surface area (Å²) in [4.78, 5) is 14.5. The molecule has 1 atom stereocenters. The molecule has 1 aromatic carbocycles. The summed E-state index contributed by atoms with van der Waals surface area (Å²) in [6.45, 7) is 3.36. The van der Waals surface area contributed by atoms with Crippen LogP contribution in [0, 0.1) is 24.7 Å². The molecule has 0 bridgehead atoms. The summed E-state index contributed by atoms with van der Waals surface area (Å²) >= 11 is 0. The zero-order valence-corrected chi connectivity index (χ0v) is 12.3. The predicted molar refractivity (Wildman–Crippen MR) is 80.9 cm³/mol. The molecule has 1 heterocycles. The van der Waals surface area contributed by atoms with E-state index in [1.165, 1.54) is 0 Å². The van der Waals surface area contributed by atoms with Gasteiger partial charge in [-0.1, -0.05) is 17.9 Å². The van der Waals surface area contributed by atoms with Crippen molar-refractivity contribution in [1.29, 1.82) is 0 Å². The molecule has 4 heteroatoms. The molecule has 1 aliphatic rings. The summed E-state index contributed by atoms with van der Waals surface area (Å²) in [7, 11) is 0. The van der Waals surface area contributed by atoms with Gasteiger partial charge in [-0.05, 0) is 43.4 Å². The van der Waals surface area contributed by atoms with E-state index in [1.807, 2.05) is 24.0 Å². The van der Waals surface area contributed by atoms with Gasteiger partial charge in [0, 0.05) is 30.8 Å². The van der Waals surface area contributed by atoms with Gasteiger partial charge in [-0.3, -0.25) is 4.79 Å². The number of hydrogen-bond donors (Lipinski definition) is 2. The maximum atomic E-state index is 12.6. The first kappa shape index (κ1) is 15.6. The number of aryl methyl sites for hydroxylation is 1. The van der Waals surface area contributed by atoms with Gasteiger partial charge in [0.25, 0.3) is 5.91 Å². The minimum absolute atomic E-state index is 0.0283. The second kappa shape index (κ2) is 7.26. The van der Waals surface area contributed by atoms with Gasteiger partial charge in [0.05, 0.1) is 0 Å². The molecule has 0 aromatic heterocycles. The van der Waals surface area contributed by atoms with Gasteiger partial charge in [0.1, 0.15) is 6.61 Å². The van der Waals surface area contributed by atoms with Crippen LogP contribution in [0.1, 0.15) is 34.3 Å². The second-order valence-corrected chi connectivity index (χ2v) is 5.41. The van der Waals surface area contributed by atoms with Crippen LogP contribution in [0.25, 0.3) is 0 Å². The molecule has 2 rings (SSSR count). The second-order valence-electron chi connectivity index (χ2n) is 5.41. The topological polar surface area (TPSA) is 60.8 Å². The van der Waals surface area contributed by atoms with E-state index in [4.69, 9.17) is 10.2 Å². The highest BCUT2D eigenvalue weighted by atomic mass is 16.3. The van der Waals surface area contributed by atoms with Crippen molar-refractivity contribution in [1.82, 2.24) is 4.90 Å². The molecular weight excluding hydrogens is 266 g/mol. The van der Waals surface area contributed by atoms with Crippen molar-refractivity contribution >= 4 is 5.91 Å². The van der Waals surface area contributed by atoms with E-state index in [0.717, 1.165) is 30.5 Å². The van der Waals surface area contributed by atoms with Crippen LogP contribution in [0.4, 0.5) is 0 Å². The van der Waals surface area contributed by atoms with Crippen LogP contribution in [0.2, 0.25) is 0 Å². The summed E-state index contributed by atoms with van der Waals surface area (Å²) in [5.41, 5.74) is 2.34. The highest BCUT2D eigenvalue weighted by Crippen LogP contribution is 2.22. The maximum absolute atomic E-state index is 12.6. The zero-order chi connectivity index (χ0) is 15.2. The van der Waals surface area contributed by atoms with Gasteiger partial charge < -0.3 is 15.1 Å². The Hall–Kier alpha value is -1.83. The van der Waals surface area contributed by atoms with E-state index in [-0.39, 0.29) is 19.1 Å². The maximum Gasteiger partial charge on any atom is 0.254 e. The Kier molecular flexibility index (Phi) is 5.38. The average Bonchev–Trinajstić information content (AvgIpc) is 2.95.